The Kier molecular flexibility index (Phi) is 3.09. The molecule has 0 unspecified atom stereocenters. The molecule has 0 aliphatic rings. The first-order chi connectivity index (χ1) is 15.1. The number of hydrogen-bond acceptors (Lipinski definition) is 7. The summed E-state index contributed by atoms with van der Waals surface area (Å²) in [5.41, 5.74) is 10.1. The molecule has 0 fully saturated rings. The highest BCUT2D eigenvalue weighted by molar-refractivity contribution is 7.33. The van der Waals surface area contributed by atoms with E-state index in [1.54, 1.807) is 0 Å². The Morgan fingerprint density at radius 2 is 1.06 bits per heavy atom. The third kappa shape index (κ3) is 1.81. The summed E-state index contributed by atoms with van der Waals surface area (Å²) in [6.07, 6.45) is 0. The largest absolute Gasteiger partial charge is 0.340 e. The van der Waals surface area contributed by atoms with Gasteiger partial charge in [0.25, 0.3) is 0 Å². The van der Waals surface area contributed by atoms with Gasteiger partial charge in [0.15, 0.2) is 0 Å². The van der Waals surface area contributed by atoms with Gasteiger partial charge in [0, 0.05) is 24.9 Å². The molecule has 0 spiro atoms. The van der Waals surface area contributed by atoms with E-state index in [2.05, 4.69) is 47.8 Å². The van der Waals surface area contributed by atoms with E-state index < -0.39 is 0 Å². The Labute approximate surface area is 195 Å². The number of aromatic nitrogens is 4. The van der Waals surface area contributed by atoms with E-state index in [9.17, 15) is 0 Å². The lowest BCUT2D eigenvalue weighted by atomic mass is 10.1. The predicted octanol–water partition coefficient (Wildman–Crippen LogP) is 8.15. The van der Waals surface area contributed by atoms with E-state index in [0.29, 0.717) is 0 Å². The average Bonchev–Trinajstić information content (AvgIpc) is 3.55. The van der Waals surface area contributed by atoms with Crippen molar-refractivity contribution in [2.45, 2.75) is 13.8 Å². The van der Waals surface area contributed by atoms with Crippen molar-refractivity contribution in [2.75, 3.05) is 0 Å². The van der Waals surface area contributed by atoms with Crippen LogP contribution in [0.5, 0.6) is 0 Å². The number of thiophene rings is 4. The summed E-state index contributed by atoms with van der Waals surface area (Å²) in [6, 6.07) is 0. The minimum Gasteiger partial charge on any atom is -0.340 e. The second kappa shape index (κ2) is 5.47. The summed E-state index contributed by atoms with van der Waals surface area (Å²) in [5.74, 6) is 0. The number of rotatable bonds is 0. The van der Waals surface area contributed by atoms with E-state index in [4.69, 9.17) is 8.75 Å². The average molecular weight is 495 g/mol. The highest BCUT2D eigenvalue weighted by Gasteiger charge is 2.28. The van der Waals surface area contributed by atoms with Gasteiger partial charge < -0.3 is 9.13 Å². The Bertz CT molecular complexity index is 1900. The van der Waals surface area contributed by atoms with Crippen LogP contribution in [0.25, 0.3) is 72.1 Å². The van der Waals surface area contributed by atoms with Gasteiger partial charge in [0.05, 0.1) is 62.0 Å². The van der Waals surface area contributed by atoms with E-state index >= 15 is 0 Å². The first-order valence-electron chi connectivity index (χ1n) is 9.87. The molecule has 7 aromatic heterocycles. The normalized spacial score (nSPS) is 13.2. The van der Waals surface area contributed by atoms with Gasteiger partial charge in [-0.25, -0.2) is 0 Å². The molecule has 0 bridgehead atoms. The molecule has 0 atom stereocenters. The number of aryl methyl sites for hydroxylation is 4. The van der Waals surface area contributed by atoms with Gasteiger partial charge in [-0.05, 0) is 35.7 Å². The Balaban J connectivity index is 1.76. The monoisotopic (exact) mass is 494 g/mol. The predicted molar refractivity (Wildman–Crippen MR) is 141 cm³/mol. The number of benzene rings is 1. The number of nitrogens with zero attached hydrogens (tertiary/aromatic N) is 4. The second-order valence-electron chi connectivity index (χ2n) is 8.24. The molecule has 0 saturated heterocycles. The Hall–Kier alpha value is -2.04. The van der Waals surface area contributed by atoms with Crippen molar-refractivity contribution in [2.24, 2.45) is 14.1 Å². The molecule has 0 aliphatic carbocycles. The highest BCUT2D eigenvalue weighted by Crippen LogP contribution is 2.52. The second-order valence-corrected chi connectivity index (χ2v) is 12.6. The van der Waals surface area contributed by atoms with Crippen LogP contribution >= 0.6 is 57.1 Å². The van der Waals surface area contributed by atoms with Crippen LogP contribution in [0.1, 0.15) is 11.1 Å². The van der Waals surface area contributed by atoms with Crippen LogP contribution < -0.4 is 0 Å². The molecule has 7 heterocycles. The van der Waals surface area contributed by atoms with Crippen LogP contribution in [0, 0.1) is 13.8 Å². The molecule has 0 N–H and O–H groups in total. The van der Waals surface area contributed by atoms with Gasteiger partial charge in [0.1, 0.15) is 11.0 Å². The van der Waals surface area contributed by atoms with Crippen molar-refractivity contribution >= 4 is 129 Å². The van der Waals surface area contributed by atoms with Crippen molar-refractivity contribution < 1.29 is 0 Å². The maximum absolute atomic E-state index is 4.84. The molecule has 8 rings (SSSR count). The molecule has 0 saturated carbocycles. The van der Waals surface area contributed by atoms with Crippen molar-refractivity contribution in [1.29, 1.82) is 0 Å². The van der Waals surface area contributed by atoms with E-state index in [-0.39, 0.29) is 0 Å². The van der Waals surface area contributed by atoms with Crippen LogP contribution in [-0.4, -0.2) is 17.9 Å². The minimum atomic E-state index is 1.06. The van der Waals surface area contributed by atoms with Gasteiger partial charge in [-0.2, -0.15) is 8.75 Å². The third-order valence-electron chi connectivity index (χ3n) is 6.56. The summed E-state index contributed by atoms with van der Waals surface area (Å²) >= 11 is 8.89. The number of hydrogen-bond donors (Lipinski definition) is 0. The molecule has 9 heteroatoms. The summed E-state index contributed by atoms with van der Waals surface area (Å²) in [5, 5.41) is 7.10. The standard InChI is InChI=1S/C22H14N4S5/c1-7-5-27-21-15-19(29-17(7)21)9-11-12(24-31-23-11)10-14(13(9)25(15)3)26(4)16-20(10)30-18-8(2)6-28-22(16)18/h5-6H,1-4H3. The fourth-order valence-corrected chi connectivity index (χ4v) is 11.1. The lowest BCUT2D eigenvalue weighted by molar-refractivity contribution is 0.992. The van der Waals surface area contributed by atoms with Gasteiger partial charge in [0.2, 0.25) is 0 Å². The van der Waals surface area contributed by atoms with Crippen molar-refractivity contribution in [3.05, 3.63) is 21.9 Å². The molecule has 152 valence electrons. The zero-order valence-electron chi connectivity index (χ0n) is 17.0. The maximum atomic E-state index is 4.84. The molecule has 4 nitrogen and oxygen atoms in total. The molecule has 8 aromatic rings. The Morgan fingerprint density at radius 1 is 0.613 bits per heavy atom. The molecule has 31 heavy (non-hydrogen) atoms. The molecular formula is C22H14N4S5. The molecule has 0 radical (unpaired) electrons. The van der Waals surface area contributed by atoms with Crippen molar-refractivity contribution in [3.8, 4) is 0 Å². The first-order valence-corrected chi connectivity index (χ1v) is 14.0. The summed E-state index contributed by atoms with van der Waals surface area (Å²) in [6.45, 7) is 4.43. The highest BCUT2D eigenvalue weighted by atomic mass is 32.1. The molecule has 1 aromatic carbocycles. The van der Waals surface area contributed by atoms with Crippen LogP contribution in [0.15, 0.2) is 10.8 Å². The van der Waals surface area contributed by atoms with E-state index in [1.807, 2.05) is 45.3 Å². The van der Waals surface area contributed by atoms with Crippen molar-refractivity contribution in [1.82, 2.24) is 17.9 Å². The quantitative estimate of drug-likeness (QED) is 0.213. The summed E-state index contributed by atoms with van der Waals surface area (Å²) in [4.78, 5) is 0. The smallest absolute Gasteiger partial charge is 0.116 e. The van der Waals surface area contributed by atoms with Gasteiger partial charge >= 0.3 is 0 Å². The lowest BCUT2D eigenvalue weighted by Gasteiger charge is -2.05. The minimum absolute atomic E-state index is 1.06. The fraction of sp³-hybridized carbons (Fsp3) is 0.182. The van der Waals surface area contributed by atoms with Gasteiger partial charge in [-0.15, -0.1) is 45.3 Å². The van der Waals surface area contributed by atoms with E-state index in [0.717, 1.165) is 11.0 Å². The zero-order valence-corrected chi connectivity index (χ0v) is 21.1. The first kappa shape index (κ1) is 17.5. The fourth-order valence-electron chi connectivity index (χ4n) is 5.19. The van der Waals surface area contributed by atoms with Gasteiger partial charge in [-0.3, -0.25) is 0 Å². The van der Waals surface area contributed by atoms with Crippen LogP contribution in [0.4, 0.5) is 0 Å². The number of fused-ring (bicyclic) bond motifs is 14. The van der Waals surface area contributed by atoms with E-state index in [1.165, 1.54) is 83.9 Å². The molecule has 0 aliphatic heterocycles. The molecular weight excluding hydrogens is 481 g/mol. The topological polar surface area (TPSA) is 35.6 Å². The molecule has 0 amide bonds. The zero-order chi connectivity index (χ0) is 20.8. The summed E-state index contributed by atoms with van der Waals surface area (Å²) in [7, 11) is 4.45. The third-order valence-corrected chi connectivity index (χ3v) is 12.2. The van der Waals surface area contributed by atoms with Crippen LogP contribution in [-0.2, 0) is 14.1 Å². The summed E-state index contributed by atoms with van der Waals surface area (Å²) < 4.78 is 22.8. The van der Waals surface area contributed by atoms with Crippen molar-refractivity contribution in [3.63, 3.8) is 0 Å². The Morgan fingerprint density at radius 3 is 1.52 bits per heavy atom. The van der Waals surface area contributed by atoms with Crippen LogP contribution in [0.2, 0.25) is 0 Å². The maximum Gasteiger partial charge on any atom is 0.116 e. The SMILES string of the molecule is Cc1csc2c1sc1c3c4nsnc4c4c5sc6c(C)csc6c5n(C)c4c3n(C)c21. The van der Waals surface area contributed by atoms with Crippen LogP contribution in [0.3, 0.4) is 0 Å². The lowest BCUT2D eigenvalue weighted by Crippen LogP contribution is -1.93. The van der Waals surface area contributed by atoms with Gasteiger partial charge in [-0.1, -0.05) is 0 Å².